The minimum atomic E-state index is -2.26. The monoisotopic (exact) mass is 618 g/mol. The Kier molecular flexibility index (Phi) is 10.4. The Morgan fingerprint density at radius 3 is 1.30 bits per heavy atom. The largest absolute Gasteiger partial charge is 1.00 e. The van der Waals surface area contributed by atoms with Crippen LogP contribution < -0.4 is 30.0 Å². The minimum absolute atomic E-state index is 0. The SMILES string of the molecule is CC1=[C]([Zr+2]([C]2=C(C)C(c3ccccc3)=CC2C)=[Si](C)c2ccccc2)C(C)C=C1c1ccccc1.[Cl-].[Cl-]. The Morgan fingerprint density at radius 1 is 0.568 bits per heavy atom. The maximum absolute atomic E-state index is 2.62. The van der Waals surface area contributed by atoms with Crippen LogP contribution in [0.25, 0.3) is 11.1 Å². The van der Waals surface area contributed by atoms with E-state index < -0.39 is 25.8 Å². The molecule has 0 saturated heterocycles. The van der Waals surface area contributed by atoms with Gasteiger partial charge in [0.1, 0.15) is 0 Å². The van der Waals surface area contributed by atoms with Crippen LogP contribution in [-0.2, 0) is 20.4 Å². The molecule has 3 aromatic carbocycles. The molecule has 0 spiro atoms. The van der Waals surface area contributed by atoms with E-state index in [1.807, 2.05) is 6.56 Å². The van der Waals surface area contributed by atoms with Gasteiger partial charge in [-0.15, -0.1) is 0 Å². The maximum atomic E-state index is 2.62. The third-order valence-electron chi connectivity index (χ3n) is 7.65. The van der Waals surface area contributed by atoms with Crippen molar-refractivity contribution in [1.29, 1.82) is 0 Å². The molecule has 0 aromatic heterocycles. The number of rotatable bonds is 5. The van der Waals surface area contributed by atoms with Gasteiger partial charge in [-0.05, 0) is 0 Å². The van der Waals surface area contributed by atoms with Crippen molar-refractivity contribution in [3.05, 3.63) is 132 Å². The second kappa shape index (κ2) is 12.9. The van der Waals surface area contributed by atoms with Crippen LogP contribution in [0.15, 0.2) is 121 Å². The van der Waals surface area contributed by atoms with Crippen molar-refractivity contribution in [3.8, 4) is 0 Å². The van der Waals surface area contributed by atoms with Gasteiger partial charge < -0.3 is 24.8 Å². The summed E-state index contributed by atoms with van der Waals surface area (Å²) in [6.45, 7) is 12.4. The van der Waals surface area contributed by atoms with E-state index in [2.05, 4.69) is 137 Å². The van der Waals surface area contributed by atoms with Gasteiger partial charge >= 0.3 is 220 Å². The topological polar surface area (TPSA) is 0 Å². The molecular formula is C33H34Cl2SiZr. The van der Waals surface area contributed by atoms with Crippen molar-refractivity contribution >= 4 is 21.8 Å². The summed E-state index contributed by atoms with van der Waals surface area (Å²) < 4.78 is 3.66. The molecule has 0 heterocycles. The Labute approximate surface area is 243 Å². The van der Waals surface area contributed by atoms with E-state index in [0.717, 1.165) is 0 Å². The number of allylic oxidation sites excluding steroid dienone is 8. The van der Waals surface area contributed by atoms with Crippen LogP contribution in [0.3, 0.4) is 0 Å². The van der Waals surface area contributed by atoms with Crippen molar-refractivity contribution in [3.63, 3.8) is 0 Å². The van der Waals surface area contributed by atoms with Crippen molar-refractivity contribution < 1.29 is 45.2 Å². The molecule has 0 fully saturated rings. The van der Waals surface area contributed by atoms with E-state index in [1.54, 1.807) is 16.3 Å². The third kappa shape index (κ3) is 5.84. The molecule has 0 nitrogen and oxygen atoms in total. The van der Waals surface area contributed by atoms with Gasteiger partial charge in [-0.25, -0.2) is 0 Å². The number of halogens is 2. The Hall–Kier alpha value is -1.70. The van der Waals surface area contributed by atoms with Crippen molar-refractivity contribution in [2.75, 3.05) is 0 Å². The van der Waals surface area contributed by atoms with E-state index >= 15 is 0 Å². The molecule has 3 aromatic rings. The van der Waals surface area contributed by atoms with E-state index in [-0.39, 0.29) is 24.8 Å². The quantitative estimate of drug-likeness (QED) is 0.384. The molecule has 0 radical (unpaired) electrons. The second-order valence-electron chi connectivity index (χ2n) is 9.91. The number of hydrogen-bond acceptors (Lipinski definition) is 0. The number of benzene rings is 3. The predicted octanol–water partition coefficient (Wildman–Crippen LogP) is 2.16. The van der Waals surface area contributed by atoms with Crippen LogP contribution in [0.2, 0.25) is 6.55 Å². The maximum Gasteiger partial charge on any atom is -1.00 e. The summed E-state index contributed by atoms with van der Waals surface area (Å²) in [6, 6.07) is 33.5. The van der Waals surface area contributed by atoms with E-state index in [4.69, 9.17) is 0 Å². The molecule has 37 heavy (non-hydrogen) atoms. The van der Waals surface area contributed by atoms with Crippen molar-refractivity contribution in [1.82, 2.24) is 0 Å². The first-order valence-electron chi connectivity index (χ1n) is 12.7. The van der Waals surface area contributed by atoms with Gasteiger partial charge in [0.25, 0.3) is 0 Å². The molecule has 0 aliphatic heterocycles. The third-order valence-corrected chi connectivity index (χ3v) is 27.2. The molecule has 0 amide bonds. The van der Waals surface area contributed by atoms with Crippen LogP contribution in [0.5, 0.6) is 0 Å². The zero-order chi connectivity index (χ0) is 24.5. The molecule has 4 heteroatoms. The van der Waals surface area contributed by atoms with Gasteiger partial charge in [-0.3, -0.25) is 0 Å². The van der Waals surface area contributed by atoms with E-state index in [0.29, 0.717) is 11.8 Å². The average Bonchev–Trinajstić information content (AvgIpc) is 3.36. The van der Waals surface area contributed by atoms with Gasteiger partial charge in [0, 0.05) is 0 Å². The summed E-state index contributed by atoms with van der Waals surface area (Å²) in [4.78, 5) is 0. The fourth-order valence-corrected chi connectivity index (χ4v) is 27.8. The summed E-state index contributed by atoms with van der Waals surface area (Å²) in [7, 11) is 0. The minimum Gasteiger partial charge on any atom is -1.00 e. The summed E-state index contributed by atoms with van der Waals surface area (Å²) in [5, 5.41) is 1.60. The fraction of sp³-hybridized carbons (Fsp3) is 0.212. The van der Waals surface area contributed by atoms with Crippen LogP contribution in [-0.4, -0.2) is 5.43 Å². The molecular weight excluding hydrogens is 587 g/mol. The van der Waals surface area contributed by atoms with Crippen molar-refractivity contribution in [2.24, 2.45) is 11.8 Å². The van der Waals surface area contributed by atoms with E-state index in [9.17, 15) is 0 Å². The van der Waals surface area contributed by atoms with Crippen LogP contribution >= 0.6 is 0 Å². The molecule has 2 aliphatic carbocycles. The summed E-state index contributed by atoms with van der Waals surface area (Å²) in [5.74, 6) is 1.05. The summed E-state index contributed by atoms with van der Waals surface area (Å²) in [6.07, 6.45) is 5.11. The molecule has 0 saturated carbocycles. The number of hydrogen-bond donors (Lipinski definition) is 0. The average molecular weight is 621 g/mol. The predicted molar refractivity (Wildman–Crippen MR) is 150 cm³/mol. The van der Waals surface area contributed by atoms with Gasteiger partial charge in [0.05, 0.1) is 0 Å². The zero-order valence-electron chi connectivity index (χ0n) is 22.2. The van der Waals surface area contributed by atoms with E-state index in [1.165, 1.54) is 22.3 Å². The summed E-state index contributed by atoms with van der Waals surface area (Å²) >= 11 is -2.26. The first-order valence-corrected chi connectivity index (χ1v) is 20.9. The standard InChI is InChI=1S/2C13H13.C7H8Si.2ClH.Zr/c2*1-10-8-11(2)13(9-10)12-6-4-3-5-7-12;1-8-7-5-3-2-4-6-7;;;/h2*3-7,9-10H,1-2H3;2-6H,1H3;2*1H;/q;;;;;+2/p-2. The first kappa shape index (κ1) is 29.9. The molecule has 2 aliphatic rings. The van der Waals surface area contributed by atoms with Crippen LogP contribution in [0.1, 0.15) is 38.8 Å². The van der Waals surface area contributed by atoms with Gasteiger partial charge in [-0.2, -0.15) is 0 Å². The van der Waals surface area contributed by atoms with Crippen molar-refractivity contribution in [2.45, 2.75) is 34.2 Å². The van der Waals surface area contributed by atoms with Gasteiger partial charge in [0.2, 0.25) is 0 Å². The molecule has 2 unspecified atom stereocenters. The Bertz CT molecular complexity index is 1330. The Balaban J connectivity index is 0.00000190. The normalized spacial score (nSPS) is 18.4. The zero-order valence-corrected chi connectivity index (χ0v) is 27.2. The molecule has 2 atom stereocenters. The van der Waals surface area contributed by atoms with Crippen LogP contribution in [0, 0.1) is 11.8 Å². The van der Waals surface area contributed by atoms with Crippen LogP contribution in [0.4, 0.5) is 0 Å². The molecule has 0 bridgehead atoms. The first-order chi connectivity index (χ1) is 17.0. The Morgan fingerprint density at radius 2 is 0.919 bits per heavy atom. The molecule has 188 valence electrons. The smallest absolute Gasteiger partial charge is 1.00 e. The second-order valence-corrected chi connectivity index (χ2v) is 24.7. The molecule has 5 rings (SSSR count). The fourth-order valence-electron chi connectivity index (χ4n) is 5.96. The molecule has 0 N–H and O–H groups in total. The van der Waals surface area contributed by atoms with Gasteiger partial charge in [0.15, 0.2) is 0 Å². The van der Waals surface area contributed by atoms with Gasteiger partial charge in [-0.1, -0.05) is 0 Å². The summed E-state index contributed by atoms with van der Waals surface area (Å²) in [5.41, 5.74) is 8.11.